The summed E-state index contributed by atoms with van der Waals surface area (Å²) < 4.78 is 1.09. The van der Waals surface area contributed by atoms with Crippen LogP contribution in [0.5, 0.6) is 0 Å². The third kappa shape index (κ3) is 3.83. The highest BCUT2D eigenvalue weighted by molar-refractivity contribution is 9.10. The minimum atomic E-state index is 0.862. The number of hydrogen-bond donors (Lipinski definition) is 1. The molecule has 94 valence electrons. The SMILES string of the molecule is CCNCc1cccnc1Sc1cccc(Br)c1. The first-order valence-electron chi connectivity index (χ1n) is 5.87. The number of nitrogens with zero attached hydrogens (tertiary/aromatic N) is 1. The molecule has 0 aliphatic rings. The van der Waals surface area contributed by atoms with E-state index in [-0.39, 0.29) is 0 Å². The van der Waals surface area contributed by atoms with E-state index < -0.39 is 0 Å². The smallest absolute Gasteiger partial charge is 0.105 e. The summed E-state index contributed by atoms with van der Waals surface area (Å²) >= 11 is 5.19. The summed E-state index contributed by atoms with van der Waals surface area (Å²) in [5.41, 5.74) is 1.24. The lowest BCUT2D eigenvalue weighted by atomic mass is 10.3. The van der Waals surface area contributed by atoms with Crippen LogP contribution in [-0.2, 0) is 6.54 Å². The molecule has 18 heavy (non-hydrogen) atoms. The van der Waals surface area contributed by atoms with Gasteiger partial charge in [-0.3, -0.25) is 0 Å². The number of rotatable bonds is 5. The van der Waals surface area contributed by atoms with Gasteiger partial charge in [-0.15, -0.1) is 0 Å². The summed E-state index contributed by atoms with van der Waals surface area (Å²) in [4.78, 5) is 5.66. The van der Waals surface area contributed by atoms with Crippen molar-refractivity contribution in [3.05, 3.63) is 52.6 Å². The maximum atomic E-state index is 4.46. The minimum absolute atomic E-state index is 0.862. The molecule has 0 unspecified atom stereocenters. The molecular formula is C14H15BrN2S. The molecule has 0 atom stereocenters. The molecule has 2 aromatic rings. The van der Waals surface area contributed by atoms with Crippen molar-refractivity contribution in [1.82, 2.24) is 10.3 Å². The zero-order chi connectivity index (χ0) is 12.8. The molecule has 0 amide bonds. The van der Waals surface area contributed by atoms with Gasteiger partial charge < -0.3 is 5.32 Å². The second-order valence-corrected chi connectivity index (χ2v) is 5.79. The van der Waals surface area contributed by atoms with Gasteiger partial charge in [-0.1, -0.05) is 46.7 Å². The molecule has 2 rings (SSSR count). The summed E-state index contributed by atoms with van der Waals surface area (Å²) in [5.74, 6) is 0. The quantitative estimate of drug-likeness (QED) is 0.896. The van der Waals surface area contributed by atoms with Gasteiger partial charge in [0.15, 0.2) is 0 Å². The van der Waals surface area contributed by atoms with E-state index in [9.17, 15) is 0 Å². The van der Waals surface area contributed by atoms with Gasteiger partial charge in [0.25, 0.3) is 0 Å². The van der Waals surface area contributed by atoms with Gasteiger partial charge >= 0.3 is 0 Å². The second-order valence-electron chi connectivity index (χ2n) is 3.81. The van der Waals surface area contributed by atoms with Crippen molar-refractivity contribution in [2.75, 3.05) is 6.54 Å². The normalized spacial score (nSPS) is 10.6. The van der Waals surface area contributed by atoms with E-state index in [1.165, 1.54) is 10.5 Å². The Morgan fingerprint density at radius 1 is 1.28 bits per heavy atom. The highest BCUT2D eigenvalue weighted by Crippen LogP contribution is 2.30. The molecule has 0 fully saturated rings. The van der Waals surface area contributed by atoms with Crippen LogP contribution in [0.3, 0.4) is 0 Å². The van der Waals surface area contributed by atoms with Crippen LogP contribution in [0.2, 0.25) is 0 Å². The molecule has 0 aliphatic carbocycles. The predicted molar refractivity (Wildman–Crippen MR) is 79.9 cm³/mol. The first-order chi connectivity index (χ1) is 8.79. The topological polar surface area (TPSA) is 24.9 Å². The molecule has 0 saturated heterocycles. The molecule has 0 saturated carbocycles. The molecule has 0 aliphatic heterocycles. The van der Waals surface area contributed by atoms with Crippen molar-refractivity contribution in [3.63, 3.8) is 0 Å². The van der Waals surface area contributed by atoms with E-state index in [1.54, 1.807) is 11.8 Å². The molecule has 1 N–H and O–H groups in total. The Bertz CT molecular complexity index is 517. The maximum absolute atomic E-state index is 4.46. The number of halogens is 1. The predicted octanol–water partition coefficient (Wildman–Crippen LogP) is 4.10. The van der Waals surface area contributed by atoms with Crippen molar-refractivity contribution in [2.24, 2.45) is 0 Å². The highest BCUT2D eigenvalue weighted by Gasteiger charge is 2.05. The summed E-state index contributed by atoms with van der Waals surface area (Å²) in [6.45, 7) is 3.94. The Labute approximate surface area is 120 Å². The van der Waals surface area contributed by atoms with Gasteiger partial charge in [0.05, 0.1) is 0 Å². The fraction of sp³-hybridized carbons (Fsp3) is 0.214. The average Bonchev–Trinajstić information content (AvgIpc) is 2.38. The van der Waals surface area contributed by atoms with Crippen molar-refractivity contribution in [1.29, 1.82) is 0 Å². The van der Waals surface area contributed by atoms with Crippen LogP contribution in [0, 0.1) is 0 Å². The first-order valence-corrected chi connectivity index (χ1v) is 7.48. The van der Waals surface area contributed by atoms with Gasteiger partial charge in [0.1, 0.15) is 5.03 Å². The van der Waals surface area contributed by atoms with Crippen molar-refractivity contribution >= 4 is 27.7 Å². The zero-order valence-corrected chi connectivity index (χ0v) is 12.6. The van der Waals surface area contributed by atoms with Gasteiger partial charge in [-0.25, -0.2) is 4.98 Å². The van der Waals surface area contributed by atoms with E-state index in [0.717, 1.165) is 22.6 Å². The van der Waals surface area contributed by atoms with Gasteiger partial charge in [-0.2, -0.15) is 0 Å². The lowest BCUT2D eigenvalue weighted by molar-refractivity contribution is 0.711. The standard InChI is InChI=1S/C14H15BrN2S/c1-2-16-10-11-5-4-8-17-14(11)18-13-7-3-6-12(15)9-13/h3-9,16H,2,10H2,1H3. The minimum Gasteiger partial charge on any atom is -0.313 e. The summed E-state index contributed by atoms with van der Waals surface area (Å²) in [7, 11) is 0. The Balaban J connectivity index is 2.17. The number of aromatic nitrogens is 1. The number of hydrogen-bond acceptors (Lipinski definition) is 3. The fourth-order valence-electron chi connectivity index (χ4n) is 1.55. The number of benzene rings is 1. The number of nitrogens with one attached hydrogen (secondary N) is 1. The van der Waals surface area contributed by atoms with Crippen LogP contribution in [0.15, 0.2) is 57.0 Å². The molecule has 1 aromatic heterocycles. The van der Waals surface area contributed by atoms with Crippen LogP contribution >= 0.6 is 27.7 Å². The lowest BCUT2D eigenvalue weighted by Crippen LogP contribution is -2.12. The van der Waals surface area contributed by atoms with Crippen molar-refractivity contribution in [3.8, 4) is 0 Å². The Kier molecular flexibility index (Phi) is 5.23. The third-order valence-electron chi connectivity index (χ3n) is 2.43. The van der Waals surface area contributed by atoms with Crippen LogP contribution < -0.4 is 5.32 Å². The van der Waals surface area contributed by atoms with Crippen LogP contribution in [0.4, 0.5) is 0 Å². The second kappa shape index (κ2) is 6.92. The summed E-state index contributed by atoms with van der Waals surface area (Å²) in [6.07, 6.45) is 1.84. The van der Waals surface area contributed by atoms with Crippen molar-refractivity contribution < 1.29 is 0 Å². The fourth-order valence-corrected chi connectivity index (χ4v) is 3.04. The van der Waals surface area contributed by atoms with Crippen LogP contribution in [0.25, 0.3) is 0 Å². The Morgan fingerprint density at radius 3 is 2.94 bits per heavy atom. The molecular weight excluding hydrogens is 308 g/mol. The number of pyridine rings is 1. The molecule has 1 heterocycles. The van der Waals surface area contributed by atoms with Gasteiger partial charge in [0.2, 0.25) is 0 Å². The molecule has 1 aromatic carbocycles. The van der Waals surface area contributed by atoms with Crippen LogP contribution in [-0.4, -0.2) is 11.5 Å². The maximum Gasteiger partial charge on any atom is 0.105 e. The Hall–Kier alpha value is -0.840. The van der Waals surface area contributed by atoms with E-state index >= 15 is 0 Å². The van der Waals surface area contributed by atoms with E-state index in [4.69, 9.17) is 0 Å². The monoisotopic (exact) mass is 322 g/mol. The molecule has 0 spiro atoms. The van der Waals surface area contributed by atoms with Crippen LogP contribution in [0.1, 0.15) is 12.5 Å². The summed E-state index contributed by atoms with van der Waals surface area (Å²) in [5, 5.41) is 4.41. The van der Waals surface area contributed by atoms with Gasteiger partial charge in [-0.05, 0) is 36.4 Å². The lowest BCUT2D eigenvalue weighted by Gasteiger charge is -2.08. The summed E-state index contributed by atoms with van der Waals surface area (Å²) in [6, 6.07) is 12.4. The average molecular weight is 323 g/mol. The van der Waals surface area contributed by atoms with E-state index in [2.05, 4.69) is 51.4 Å². The molecule has 2 nitrogen and oxygen atoms in total. The third-order valence-corrected chi connectivity index (χ3v) is 3.97. The van der Waals surface area contributed by atoms with Gasteiger partial charge in [0, 0.05) is 22.1 Å². The molecule has 0 bridgehead atoms. The molecule has 4 heteroatoms. The Morgan fingerprint density at radius 2 is 2.17 bits per heavy atom. The van der Waals surface area contributed by atoms with E-state index in [1.807, 2.05) is 24.4 Å². The largest absolute Gasteiger partial charge is 0.313 e. The van der Waals surface area contributed by atoms with E-state index in [0.29, 0.717) is 0 Å². The first kappa shape index (κ1) is 13.6. The zero-order valence-electron chi connectivity index (χ0n) is 10.2. The highest BCUT2D eigenvalue weighted by atomic mass is 79.9. The molecule has 0 radical (unpaired) electrons. The van der Waals surface area contributed by atoms with Crippen molar-refractivity contribution in [2.45, 2.75) is 23.4 Å².